The lowest BCUT2D eigenvalue weighted by Crippen LogP contribution is -2.15. The zero-order valence-electron chi connectivity index (χ0n) is 13.3. The van der Waals surface area contributed by atoms with Crippen LogP contribution in [0.5, 0.6) is 0 Å². The fourth-order valence-electron chi connectivity index (χ4n) is 3.36. The Morgan fingerprint density at radius 1 is 1.26 bits per heavy atom. The van der Waals surface area contributed by atoms with E-state index in [0.29, 0.717) is 12.3 Å². The average Bonchev–Trinajstić information content (AvgIpc) is 3.17. The fourth-order valence-corrected chi connectivity index (χ4v) is 3.62. The first-order chi connectivity index (χ1) is 11.3. The highest BCUT2D eigenvalue weighted by molar-refractivity contribution is 9.09. The van der Waals surface area contributed by atoms with Gasteiger partial charge in [-0.15, -0.1) is 0 Å². The summed E-state index contributed by atoms with van der Waals surface area (Å²) in [6.45, 7) is 0.842. The number of fused-ring (bicyclic) bond motifs is 1. The minimum Gasteiger partial charge on any atom is -0.344 e. The van der Waals surface area contributed by atoms with Gasteiger partial charge in [0.1, 0.15) is 0 Å². The van der Waals surface area contributed by atoms with Crippen molar-refractivity contribution in [2.24, 2.45) is 5.92 Å². The van der Waals surface area contributed by atoms with Gasteiger partial charge in [0.05, 0.1) is 5.52 Å². The molecule has 1 saturated carbocycles. The summed E-state index contributed by atoms with van der Waals surface area (Å²) in [5, 5.41) is 5.14. The third-order valence-electron chi connectivity index (χ3n) is 4.56. The number of halogens is 1. The molecule has 1 aliphatic rings. The molecule has 1 aromatic heterocycles. The van der Waals surface area contributed by atoms with Crippen LogP contribution < -0.4 is 5.32 Å². The predicted molar refractivity (Wildman–Crippen MR) is 100 cm³/mol. The molecular weight excluding hydrogens is 352 g/mol. The molecule has 1 heterocycles. The summed E-state index contributed by atoms with van der Waals surface area (Å²) in [4.78, 5) is 12.2. The largest absolute Gasteiger partial charge is 0.344 e. The number of amides is 1. The Morgan fingerprint density at radius 2 is 2.09 bits per heavy atom. The second-order valence-corrected chi connectivity index (χ2v) is 6.92. The maximum Gasteiger partial charge on any atom is 0.224 e. The minimum absolute atomic E-state index is 0.147. The Balaban J connectivity index is 1.69. The molecule has 0 unspecified atom stereocenters. The van der Waals surface area contributed by atoms with E-state index in [9.17, 15) is 4.79 Å². The third-order valence-corrected chi connectivity index (χ3v) is 4.94. The zero-order valence-corrected chi connectivity index (χ0v) is 14.9. The van der Waals surface area contributed by atoms with Crippen molar-refractivity contribution in [1.29, 1.82) is 0 Å². The van der Waals surface area contributed by atoms with Crippen LogP contribution in [0.4, 0.5) is 5.69 Å². The van der Waals surface area contributed by atoms with Crippen LogP contribution in [0.25, 0.3) is 10.9 Å². The molecule has 0 spiro atoms. The molecule has 0 radical (unpaired) electrons. The normalized spacial score (nSPS) is 15.7. The van der Waals surface area contributed by atoms with Gasteiger partial charge in [0.15, 0.2) is 0 Å². The summed E-state index contributed by atoms with van der Waals surface area (Å²) in [5.74, 6) is 0.727. The molecule has 4 heteroatoms. The summed E-state index contributed by atoms with van der Waals surface area (Å²) >= 11 is 3.39. The molecule has 1 aliphatic carbocycles. The van der Waals surface area contributed by atoms with Crippen LogP contribution in [0, 0.1) is 5.92 Å². The highest BCUT2D eigenvalue weighted by Gasteiger charge is 2.18. The van der Waals surface area contributed by atoms with Crippen molar-refractivity contribution in [2.75, 3.05) is 10.6 Å². The topological polar surface area (TPSA) is 34.0 Å². The van der Waals surface area contributed by atoms with Crippen molar-refractivity contribution in [3.63, 3.8) is 0 Å². The van der Waals surface area contributed by atoms with E-state index in [4.69, 9.17) is 0 Å². The first kappa shape index (κ1) is 16.3. The van der Waals surface area contributed by atoms with Crippen LogP contribution in [0.1, 0.15) is 32.1 Å². The van der Waals surface area contributed by atoms with Gasteiger partial charge in [-0.1, -0.05) is 47.0 Å². The number of hydrogen-bond acceptors (Lipinski definition) is 1. The Labute approximate surface area is 145 Å². The van der Waals surface area contributed by atoms with Gasteiger partial charge in [-0.05, 0) is 42.3 Å². The van der Waals surface area contributed by atoms with Gasteiger partial charge in [-0.25, -0.2) is 0 Å². The first-order valence-corrected chi connectivity index (χ1v) is 9.48. The van der Waals surface area contributed by atoms with Crippen molar-refractivity contribution in [1.82, 2.24) is 4.57 Å². The van der Waals surface area contributed by atoms with Crippen LogP contribution >= 0.6 is 15.9 Å². The summed E-state index contributed by atoms with van der Waals surface area (Å²) < 4.78 is 2.20. The Hall–Kier alpha value is -1.55. The van der Waals surface area contributed by atoms with Gasteiger partial charge in [-0.2, -0.15) is 0 Å². The summed E-state index contributed by atoms with van der Waals surface area (Å²) in [6, 6.07) is 8.25. The summed E-state index contributed by atoms with van der Waals surface area (Å²) in [5.41, 5.74) is 2.05. The molecule has 23 heavy (non-hydrogen) atoms. The molecule has 0 bridgehead atoms. The van der Waals surface area contributed by atoms with Crippen LogP contribution in [-0.4, -0.2) is 15.8 Å². The second kappa shape index (κ2) is 7.82. The van der Waals surface area contributed by atoms with Crippen molar-refractivity contribution in [3.05, 3.63) is 42.6 Å². The number of rotatable bonds is 6. The molecule has 3 rings (SSSR count). The van der Waals surface area contributed by atoms with E-state index in [1.54, 1.807) is 0 Å². The maximum absolute atomic E-state index is 12.2. The highest BCUT2D eigenvalue weighted by atomic mass is 79.9. The van der Waals surface area contributed by atoms with E-state index in [2.05, 4.69) is 62.4 Å². The number of alkyl halides is 1. The average molecular weight is 375 g/mol. The highest BCUT2D eigenvalue weighted by Crippen LogP contribution is 2.28. The maximum atomic E-state index is 12.2. The minimum atomic E-state index is 0.147. The smallest absolute Gasteiger partial charge is 0.224 e. The van der Waals surface area contributed by atoms with E-state index >= 15 is 0 Å². The number of allylic oxidation sites excluding steroid dienone is 2. The van der Waals surface area contributed by atoms with Crippen molar-refractivity contribution < 1.29 is 4.79 Å². The van der Waals surface area contributed by atoms with Gasteiger partial charge >= 0.3 is 0 Å². The molecule has 3 nitrogen and oxygen atoms in total. The lowest BCUT2D eigenvalue weighted by Gasteiger charge is -2.10. The van der Waals surface area contributed by atoms with E-state index in [1.807, 2.05) is 6.07 Å². The first-order valence-electron chi connectivity index (χ1n) is 8.36. The molecule has 0 atom stereocenters. The molecule has 0 saturated heterocycles. The van der Waals surface area contributed by atoms with Gasteiger partial charge < -0.3 is 9.88 Å². The van der Waals surface area contributed by atoms with Gasteiger partial charge in [-0.3, -0.25) is 4.79 Å². The Morgan fingerprint density at radius 3 is 2.87 bits per heavy atom. The molecule has 1 N–H and O–H groups in total. The van der Waals surface area contributed by atoms with Crippen molar-refractivity contribution in [2.45, 2.75) is 38.6 Å². The standard InChI is InChI=1S/C19H23BrN2O/c20-10-3-4-11-22-12-9-16-7-8-17(14-18(16)22)21-19(23)13-15-5-1-2-6-15/h3-4,7-9,12,14-15H,1-2,5-6,10-11,13H2,(H,21,23)/b4-3+. The van der Waals surface area contributed by atoms with Crippen molar-refractivity contribution >= 4 is 38.4 Å². The van der Waals surface area contributed by atoms with E-state index in [-0.39, 0.29) is 5.91 Å². The number of aromatic nitrogens is 1. The van der Waals surface area contributed by atoms with Crippen LogP contribution in [0.15, 0.2) is 42.6 Å². The number of hydrogen-bond donors (Lipinski definition) is 1. The predicted octanol–water partition coefficient (Wildman–Crippen LogP) is 5.11. The van der Waals surface area contributed by atoms with E-state index in [0.717, 1.165) is 23.1 Å². The molecule has 122 valence electrons. The fraction of sp³-hybridized carbons (Fsp3) is 0.421. The van der Waals surface area contributed by atoms with Gasteiger partial charge in [0.25, 0.3) is 0 Å². The monoisotopic (exact) mass is 374 g/mol. The Bertz CT molecular complexity index is 698. The number of anilines is 1. The van der Waals surface area contributed by atoms with Crippen molar-refractivity contribution in [3.8, 4) is 0 Å². The Kier molecular flexibility index (Phi) is 5.55. The summed E-state index contributed by atoms with van der Waals surface area (Å²) in [6.07, 6.45) is 11.9. The molecule has 1 fully saturated rings. The quantitative estimate of drug-likeness (QED) is 0.552. The van der Waals surface area contributed by atoms with E-state index < -0.39 is 0 Å². The van der Waals surface area contributed by atoms with Gasteiger partial charge in [0, 0.05) is 30.2 Å². The third kappa shape index (κ3) is 4.25. The molecular formula is C19H23BrN2O. The number of nitrogens with one attached hydrogen (secondary N) is 1. The van der Waals surface area contributed by atoms with Gasteiger partial charge in [0.2, 0.25) is 5.91 Å². The lowest BCUT2D eigenvalue weighted by molar-refractivity contribution is -0.117. The number of carbonyl (C=O) groups is 1. The van der Waals surface area contributed by atoms with Crippen LogP contribution in [-0.2, 0) is 11.3 Å². The zero-order chi connectivity index (χ0) is 16.1. The van der Waals surface area contributed by atoms with Crippen LogP contribution in [0.2, 0.25) is 0 Å². The molecule has 0 aliphatic heterocycles. The lowest BCUT2D eigenvalue weighted by atomic mass is 10.0. The number of nitrogens with zero attached hydrogens (tertiary/aromatic N) is 1. The number of benzene rings is 1. The van der Waals surface area contributed by atoms with Crippen LogP contribution in [0.3, 0.4) is 0 Å². The number of carbonyl (C=O) groups excluding carboxylic acids is 1. The second-order valence-electron chi connectivity index (χ2n) is 6.27. The molecule has 1 aromatic carbocycles. The molecule has 2 aromatic rings. The summed E-state index contributed by atoms with van der Waals surface area (Å²) in [7, 11) is 0. The SMILES string of the molecule is O=C(CC1CCCC1)Nc1ccc2ccn(C/C=C/CBr)c2c1. The molecule has 1 amide bonds. The van der Waals surface area contributed by atoms with E-state index in [1.165, 1.54) is 31.1 Å².